The molecule has 1 heterocycles. The van der Waals surface area contributed by atoms with Crippen molar-refractivity contribution in [3.05, 3.63) is 65.2 Å². The van der Waals surface area contributed by atoms with Crippen molar-refractivity contribution in [1.82, 2.24) is 0 Å². The summed E-state index contributed by atoms with van der Waals surface area (Å²) in [6, 6.07) is 19.0. The average molecular weight is 337 g/mol. The Bertz CT molecular complexity index is 913. The number of halogens is 1. The molecule has 2 aromatic carbocycles. The van der Waals surface area contributed by atoms with Gasteiger partial charge in [0.25, 0.3) is 5.82 Å². The van der Waals surface area contributed by atoms with Crippen LogP contribution in [0.1, 0.15) is 5.56 Å². The number of aromatic nitrogens is 1. The molecule has 0 saturated heterocycles. The predicted octanol–water partition coefficient (Wildman–Crippen LogP) is 3.95. The number of nitrogens with two attached hydrogens (primary N) is 1. The van der Waals surface area contributed by atoms with Gasteiger partial charge in [0, 0.05) is 16.1 Å². The molecular weight excluding hydrogens is 322 g/mol. The van der Waals surface area contributed by atoms with Gasteiger partial charge in [0.1, 0.15) is 23.1 Å². The fourth-order valence-corrected chi connectivity index (χ4v) is 2.63. The first-order chi connectivity index (χ1) is 11.6. The number of pyridine rings is 1. The molecule has 0 spiro atoms. The van der Waals surface area contributed by atoms with Gasteiger partial charge >= 0.3 is 0 Å². The Morgan fingerprint density at radius 2 is 1.67 bits per heavy atom. The number of ether oxygens (including phenoxy) is 1. The maximum Gasteiger partial charge on any atom is 0.289 e. The zero-order valence-corrected chi connectivity index (χ0v) is 13.8. The van der Waals surface area contributed by atoms with Gasteiger partial charge < -0.3 is 4.74 Å². The van der Waals surface area contributed by atoms with E-state index in [2.05, 4.69) is 11.1 Å². The Morgan fingerprint density at radius 3 is 2.25 bits per heavy atom. The van der Waals surface area contributed by atoms with Crippen LogP contribution < -0.4 is 15.5 Å². The van der Waals surface area contributed by atoms with Crippen molar-refractivity contribution < 1.29 is 9.72 Å². The molecule has 5 heteroatoms. The summed E-state index contributed by atoms with van der Waals surface area (Å²) in [5, 5.41) is 10.1. The third-order valence-corrected chi connectivity index (χ3v) is 4.02. The Morgan fingerprint density at radius 1 is 1.04 bits per heavy atom. The number of nitrogens with zero attached hydrogens (tertiary/aromatic N) is 1. The maximum atomic E-state index is 9.45. The fraction of sp³-hybridized carbons (Fsp3) is 0.0526. The van der Waals surface area contributed by atoms with E-state index >= 15 is 0 Å². The van der Waals surface area contributed by atoms with E-state index in [1.165, 1.54) is 0 Å². The van der Waals surface area contributed by atoms with Crippen LogP contribution in [-0.4, -0.2) is 7.11 Å². The van der Waals surface area contributed by atoms with Gasteiger partial charge in [0.15, 0.2) is 0 Å². The van der Waals surface area contributed by atoms with Crippen molar-refractivity contribution in [3.8, 4) is 34.2 Å². The van der Waals surface area contributed by atoms with Crippen molar-refractivity contribution in [3.63, 3.8) is 0 Å². The average Bonchev–Trinajstić information content (AvgIpc) is 2.62. The second kappa shape index (κ2) is 6.61. The molecule has 3 N–H and O–H groups in total. The van der Waals surface area contributed by atoms with Crippen molar-refractivity contribution in [2.45, 2.75) is 0 Å². The molecule has 0 bridgehead atoms. The third-order valence-electron chi connectivity index (χ3n) is 3.76. The number of aromatic amines is 1. The first-order valence-corrected chi connectivity index (χ1v) is 7.66. The Hall–Kier alpha value is -3.03. The highest BCUT2D eigenvalue weighted by Crippen LogP contribution is 2.30. The van der Waals surface area contributed by atoms with Gasteiger partial charge in [-0.3, -0.25) is 5.73 Å². The molecule has 1 aromatic heterocycles. The van der Waals surface area contributed by atoms with Crippen LogP contribution in [-0.2, 0) is 0 Å². The highest BCUT2D eigenvalue weighted by Gasteiger charge is 2.17. The van der Waals surface area contributed by atoms with E-state index in [0.29, 0.717) is 16.4 Å². The summed E-state index contributed by atoms with van der Waals surface area (Å²) in [6.07, 6.45) is 0. The lowest BCUT2D eigenvalue weighted by atomic mass is 9.98. The van der Waals surface area contributed by atoms with Gasteiger partial charge in [-0.05, 0) is 48.0 Å². The molecule has 0 fully saturated rings. The van der Waals surface area contributed by atoms with Crippen LogP contribution in [0.25, 0.3) is 22.4 Å². The van der Waals surface area contributed by atoms with Crippen LogP contribution in [0, 0.1) is 11.3 Å². The number of rotatable bonds is 3. The summed E-state index contributed by atoms with van der Waals surface area (Å²) in [7, 11) is 1.62. The molecule has 0 atom stereocenters. The lowest BCUT2D eigenvalue weighted by molar-refractivity contribution is -0.346. The number of anilines is 1. The number of benzene rings is 2. The highest BCUT2D eigenvalue weighted by atomic mass is 35.5. The van der Waals surface area contributed by atoms with E-state index in [-0.39, 0.29) is 0 Å². The highest BCUT2D eigenvalue weighted by molar-refractivity contribution is 6.30. The molecule has 0 aliphatic rings. The minimum absolute atomic E-state index is 0.329. The SMILES string of the molecule is COc1ccc(-c2cc(-c3ccc(Cl)cc3)c(C#N)c(N)[nH+]2)cc1. The summed E-state index contributed by atoms with van der Waals surface area (Å²) in [4.78, 5) is 3.09. The molecule has 0 amide bonds. The molecule has 0 aliphatic carbocycles. The van der Waals surface area contributed by atoms with E-state index in [0.717, 1.165) is 28.1 Å². The quantitative estimate of drug-likeness (QED) is 0.787. The monoisotopic (exact) mass is 336 g/mol. The topological polar surface area (TPSA) is 73.2 Å². The minimum Gasteiger partial charge on any atom is -0.497 e. The summed E-state index contributed by atoms with van der Waals surface area (Å²) in [6.45, 7) is 0. The molecule has 3 rings (SSSR count). The van der Waals surface area contributed by atoms with Crippen LogP contribution >= 0.6 is 11.6 Å². The van der Waals surface area contributed by atoms with Gasteiger partial charge in [-0.1, -0.05) is 23.7 Å². The number of methoxy groups -OCH3 is 1. The summed E-state index contributed by atoms with van der Waals surface area (Å²) >= 11 is 5.95. The second-order valence-corrected chi connectivity index (χ2v) is 5.67. The number of hydrogen-bond acceptors (Lipinski definition) is 3. The van der Waals surface area contributed by atoms with Crippen LogP contribution in [0.2, 0.25) is 5.02 Å². The van der Waals surface area contributed by atoms with E-state index in [4.69, 9.17) is 22.1 Å². The van der Waals surface area contributed by atoms with Gasteiger partial charge in [-0.25, -0.2) is 4.98 Å². The predicted molar refractivity (Wildman–Crippen MR) is 94.6 cm³/mol. The zero-order chi connectivity index (χ0) is 17.1. The number of hydrogen-bond donors (Lipinski definition) is 1. The smallest absolute Gasteiger partial charge is 0.289 e. The normalized spacial score (nSPS) is 10.2. The lowest BCUT2D eigenvalue weighted by Gasteiger charge is -2.08. The van der Waals surface area contributed by atoms with E-state index in [9.17, 15) is 5.26 Å². The van der Waals surface area contributed by atoms with E-state index in [1.54, 1.807) is 19.2 Å². The Kier molecular flexibility index (Phi) is 4.37. The third kappa shape index (κ3) is 3.03. The molecule has 0 saturated carbocycles. The summed E-state index contributed by atoms with van der Waals surface area (Å²) in [5.74, 6) is 1.11. The van der Waals surface area contributed by atoms with Crippen LogP contribution in [0.15, 0.2) is 54.6 Å². The molecule has 24 heavy (non-hydrogen) atoms. The molecule has 0 radical (unpaired) electrons. The molecule has 4 nitrogen and oxygen atoms in total. The fourth-order valence-electron chi connectivity index (χ4n) is 2.51. The van der Waals surface area contributed by atoms with Gasteiger partial charge in [0.2, 0.25) is 0 Å². The molecule has 0 unspecified atom stereocenters. The summed E-state index contributed by atoms with van der Waals surface area (Å²) in [5.41, 5.74) is 9.88. The van der Waals surface area contributed by atoms with E-state index in [1.807, 2.05) is 42.5 Å². The first kappa shape index (κ1) is 15.9. The van der Waals surface area contributed by atoms with E-state index < -0.39 is 0 Å². The van der Waals surface area contributed by atoms with Gasteiger partial charge in [-0.15, -0.1) is 0 Å². The van der Waals surface area contributed by atoms with Crippen LogP contribution in [0.3, 0.4) is 0 Å². The summed E-state index contributed by atoms with van der Waals surface area (Å²) < 4.78 is 5.18. The molecule has 118 valence electrons. The molecule has 0 aliphatic heterocycles. The maximum absolute atomic E-state index is 9.45. The van der Waals surface area contributed by atoms with Gasteiger partial charge in [-0.2, -0.15) is 5.26 Å². The first-order valence-electron chi connectivity index (χ1n) is 7.28. The Labute approximate surface area is 145 Å². The van der Waals surface area contributed by atoms with Crippen molar-refractivity contribution in [2.75, 3.05) is 12.8 Å². The van der Waals surface area contributed by atoms with Gasteiger partial charge in [0.05, 0.1) is 7.11 Å². The second-order valence-electron chi connectivity index (χ2n) is 5.23. The standard InChI is InChI=1S/C19H14ClN3O/c1-24-15-8-4-13(5-9-15)18-10-16(17(11-21)19(22)23-18)12-2-6-14(20)7-3-12/h2-10H,1H3,(H2,22,23)/p+1. The minimum atomic E-state index is 0.329. The largest absolute Gasteiger partial charge is 0.497 e. The number of nitrogens with one attached hydrogen (secondary N) is 1. The Balaban J connectivity index is 2.15. The number of nitrogen functional groups attached to an aromatic ring is 1. The van der Waals surface area contributed by atoms with Crippen molar-refractivity contribution in [2.24, 2.45) is 0 Å². The lowest BCUT2D eigenvalue weighted by Crippen LogP contribution is -2.16. The van der Waals surface area contributed by atoms with Crippen molar-refractivity contribution in [1.29, 1.82) is 5.26 Å². The molecule has 3 aromatic rings. The zero-order valence-electron chi connectivity index (χ0n) is 13.0. The molecular formula is C19H15ClN3O+. The van der Waals surface area contributed by atoms with Crippen molar-refractivity contribution >= 4 is 17.4 Å². The van der Waals surface area contributed by atoms with Crippen LogP contribution in [0.4, 0.5) is 5.82 Å². The number of nitriles is 1. The van der Waals surface area contributed by atoms with Crippen LogP contribution in [0.5, 0.6) is 5.75 Å². The number of H-pyrrole nitrogens is 1.